The first-order chi connectivity index (χ1) is 16.0. The number of benzene rings is 2. The second kappa shape index (κ2) is 10.4. The van der Waals surface area contributed by atoms with Gasteiger partial charge in [0.2, 0.25) is 5.91 Å². The molecule has 0 N–H and O–H groups in total. The van der Waals surface area contributed by atoms with E-state index >= 15 is 0 Å². The van der Waals surface area contributed by atoms with Crippen LogP contribution < -0.4 is 9.64 Å². The van der Waals surface area contributed by atoms with E-state index in [9.17, 15) is 14.4 Å². The SMILES string of the molecule is C=CCOc1ccc(/C=C2\SC(=O)N(CC(=O)N3CCN(c4ccccc4)CC3)C2=O)cc1. The molecule has 0 aliphatic carbocycles. The van der Waals surface area contributed by atoms with Crippen molar-refractivity contribution in [3.8, 4) is 5.75 Å². The van der Waals surface area contributed by atoms with Crippen LogP contribution in [0.15, 0.2) is 72.2 Å². The molecule has 2 aromatic rings. The van der Waals surface area contributed by atoms with E-state index in [-0.39, 0.29) is 12.5 Å². The monoisotopic (exact) mass is 463 g/mol. The first-order valence-electron chi connectivity index (χ1n) is 10.7. The Kier molecular flexibility index (Phi) is 7.14. The van der Waals surface area contributed by atoms with Crippen LogP contribution >= 0.6 is 11.8 Å². The van der Waals surface area contributed by atoms with Gasteiger partial charge in [-0.1, -0.05) is 43.0 Å². The molecule has 0 aromatic heterocycles. The minimum absolute atomic E-state index is 0.213. The van der Waals surface area contributed by atoms with E-state index in [2.05, 4.69) is 11.5 Å². The quantitative estimate of drug-likeness (QED) is 0.461. The van der Waals surface area contributed by atoms with Crippen molar-refractivity contribution in [2.75, 3.05) is 44.2 Å². The molecule has 33 heavy (non-hydrogen) atoms. The topological polar surface area (TPSA) is 70.2 Å². The molecule has 0 radical (unpaired) electrons. The van der Waals surface area contributed by atoms with Crippen LogP contribution in [-0.2, 0) is 9.59 Å². The lowest BCUT2D eigenvalue weighted by Crippen LogP contribution is -2.51. The minimum atomic E-state index is -0.437. The fourth-order valence-electron chi connectivity index (χ4n) is 3.69. The van der Waals surface area contributed by atoms with E-state index in [1.54, 1.807) is 29.2 Å². The van der Waals surface area contributed by atoms with Crippen LogP contribution in [0.1, 0.15) is 5.56 Å². The molecule has 0 spiro atoms. The van der Waals surface area contributed by atoms with Crippen LogP contribution in [0.4, 0.5) is 10.5 Å². The number of carbonyl (C=O) groups excluding carboxylic acids is 3. The lowest BCUT2D eigenvalue weighted by atomic mass is 10.2. The molecule has 0 saturated carbocycles. The number of anilines is 1. The molecule has 2 fully saturated rings. The zero-order valence-electron chi connectivity index (χ0n) is 18.2. The van der Waals surface area contributed by atoms with Crippen LogP contribution in [0.25, 0.3) is 6.08 Å². The van der Waals surface area contributed by atoms with Gasteiger partial charge in [0.1, 0.15) is 18.9 Å². The summed E-state index contributed by atoms with van der Waals surface area (Å²) in [5.74, 6) is 0.0429. The summed E-state index contributed by atoms with van der Waals surface area (Å²) in [6, 6.07) is 17.3. The molecule has 3 amide bonds. The van der Waals surface area contributed by atoms with Gasteiger partial charge in [-0.3, -0.25) is 19.3 Å². The molecule has 7 nitrogen and oxygen atoms in total. The average molecular weight is 464 g/mol. The summed E-state index contributed by atoms with van der Waals surface area (Å²) in [4.78, 5) is 43.3. The molecule has 0 bridgehead atoms. The van der Waals surface area contributed by atoms with Gasteiger partial charge in [-0.2, -0.15) is 0 Å². The third-order valence-electron chi connectivity index (χ3n) is 5.47. The largest absolute Gasteiger partial charge is 0.490 e. The summed E-state index contributed by atoms with van der Waals surface area (Å²) in [6.45, 7) is 6.32. The van der Waals surface area contributed by atoms with Crippen molar-refractivity contribution in [2.24, 2.45) is 0 Å². The van der Waals surface area contributed by atoms with Crippen LogP contribution in [0, 0.1) is 0 Å². The summed E-state index contributed by atoms with van der Waals surface area (Å²) in [6.07, 6.45) is 3.32. The van der Waals surface area contributed by atoms with E-state index in [0.29, 0.717) is 43.4 Å². The predicted octanol–water partition coefficient (Wildman–Crippen LogP) is 3.64. The molecule has 2 aliphatic rings. The van der Waals surface area contributed by atoms with Crippen molar-refractivity contribution >= 4 is 40.6 Å². The summed E-state index contributed by atoms with van der Waals surface area (Å²) in [5.41, 5.74) is 1.90. The second-order valence-electron chi connectivity index (χ2n) is 7.64. The fourth-order valence-corrected chi connectivity index (χ4v) is 4.53. The highest BCUT2D eigenvalue weighted by molar-refractivity contribution is 8.18. The highest BCUT2D eigenvalue weighted by atomic mass is 32.2. The third-order valence-corrected chi connectivity index (χ3v) is 6.37. The average Bonchev–Trinajstić information content (AvgIpc) is 3.11. The highest BCUT2D eigenvalue weighted by Crippen LogP contribution is 2.32. The van der Waals surface area contributed by atoms with Crippen molar-refractivity contribution in [2.45, 2.75) is 0 Å². The fraction of sp³-hybridized carbons (Fsp3) is 0.240. The molecule has 4 rings (SSSR count). The van der Waals surface area contributed by atoms with Crippen molar-refractivity contribution in [1.82, 2.24) is 9.80 Å². The maximum atomic E-state index is 12.8. The smallest absolute Gasteiger partial charge is 0.294 e. The Balaban J connectivity index is 1.34. The predicted molar refractivity (Wildman–Crippen MR) is 130 cm³/mol. The maximum Gasteiger partial charge on any atom is 0.294 e. The Bertz CT molecular complexity index is 1060. The van der Waals surface area contributed by atoms with Gasteiger partial charge in [0, 0.05) is 31.9 Å². The number of nitrogens with zero attached hydrogens (tertiary/aromatic N) is 3. The van der Waals surface area contributed by atoms with Gasteiger partial charge in [-0.15, -0.1) is 0 Å². The lowest BCUT2D eigenvalue weighted by molar-refractivity contribution is -0.136. The van der Waals surface area contributed by atoms with Gasteiger partial charge in [0.05, 0.1) is 4.91 Å². The zero-order valence-corrected chi connectivity index (χ0v) is 19.0. The number of thioether (sulfide) groups is 1. The number of amides is 3. The van der Waals surface area contributed by atoms with Gasteiger partial charge < -0.3 is 14.5 Å². The Hall–Kier alpha value is -3.52. The standard InChI is InChI=1S/C25H25N3O4S/c1-2-16-32-21-10-8-19(9-11-21)17-22-24(30)28(25(31)33-22)18-23(29)27-14-12-26(13-15-27)20-6-4-3-5-7-20/h2-11,17H,1,12-16,18H2/b22-17-. The summed E-state index contributed by atoms with van der Waals surface area (Å²) >= 11 is 0.856. The van der Waals surface area contributed by atoms with E-state index in [1.807, 2.05) is 42.5 Å². The Morgan fingerprint density at radius 1 is 1.00 bits per heavy atom. The molecule has 2 heterocycles. The third kappa shape index (κ3) is 5.46. The maximum absolute atomic E-state index is 12.8. The van der Waals surface area contributed by atoms with E-state index in [0.717, 1.165) is 27.9 Å². The Morgan fingerprint density at radius 3 is 2.36 bits per heavy atom. The number of rotatable bonds is 7. The number of piperazine rings is 1. The van der Waals surface area contributed by atoms with Gasteiger partial charge in [0.25, 0.3) is 11.1 Å². The number of hydrogen-bond acceptors (Lipinski definition) is 6. The number of ether oxygens (including phenoxy) is 1. The van der Waals surface area contributed by atoms with Crippen LogP contribution in [-0.4, -0.2) is 66.2 Å². The van der Waals surface area contributed by atoms with Gasteiger partial charge in [0.15, 0.2) is 0 Å². The molecular formula is C25H25N3O4S. The second-order valence-corrected chi connectivity index (χ2v) is 8.63. The number of imide groups is 1. The van der Waals surface area contributed by atoms with Crippen LogP contribution in [0.2, 0.25) is 0 Å². The van der Waals surface area contributed by atoms with Crippen LogP contribution in [0.3, 0.4) is 0 Å². The molecule has 8 heteroatoms. The van der Waals surface area contributed by atoms with E-state index in [4.69, 9.17) is 4.74 Å². The number of carbonyl (C=O) groups is 3. The summed E-state index contributed by atoms with van der Waals surface area (Å²) in [5, 5.41) is -0.423. The molecule has 2 aliphatic heterocycles. The first kappa shape index (κ1) is 22.7. The normalized spacial score (nSPS) is 17.6. The van der Waals surface area contributed by atoms with Gasteiger partial charge in [-0.05, 0) is 47.7 Å². The van der Waals surface area contributed by atoms with Crippen LogP contribution in [0.5, 0.6) is 5.75 Å². The molecular weight excluding hydrogens is 438 g/mol. The Morgan fingerprint density at radius 2 is 1.70 bits per heavy atom. The number of para-hydroxylation sites is 1. The summed E-state index contributed by atoms with van der Waals surface area (Å²) in [7, 11) is 0. The van der Waals surface area contributed by atoms with Crippen molar-refractivity contribution < 1.29 is 19.1 Å². The molecule has 0 unspecified atom stereocenters. The minimum Gasteiger partial charge on any atom is -0.490 e. The van der Waals surface area contributed by atoms with Crippen molar-refractivity contribution in [3.63, 3.8) is 0 Å². The number of hydrogen-bond donors (Lipinski definition) is 0. The zero-order chi connectivity index (χ0) is 23.2. The molecule has 170 valence electrons. The Labute approximate surface area is 197 Å². The molecule has 2 aromatic carbocycles. The van der Waals surface area contributed by atoms with Crippen molar-refractivity contribution in [3.05, 3.63) is 77.7 Å². The van der Waals surface area contributed by atoms with E-state index < -0.39 is 11.1 Å². The van der Waals surface area contributed by atoms with Crippen molar-refractivity contribution in [1.29, 1.82) is 0 Å². The molecule has 0 atom stereocenters. The highest BCUT2D eigenvalue weighted by Gasteiger charge is 2.37. The summed E-state index contributed by atoms with van der Waals surface area (Å²) < 4.78 is 5.45. The van der Waals surface area contributed by atoms with Gasteiger partial charge >= 0.3 is 0 Å². The lowest BCUT2D eigenvalue weighted by Gasteiger charge is -2.36. The molecule has 2 saturated heterocycles. The first-order valence-corrected chi connectivity index (χ1v) is 11.5. The van der Waals surface area contributed by atoms with Gasteiger partial charge in [-0.25, -0.2) is 0 Å². The van der Waals surface area contributed by atoms with E-state index in [1.165, 1.54) is 0 Å².